The number of piperidine rings is 1. The summed E-state index contributed by atoms with van der Waals surface area (Å²) in [6.07, 6.45) is 4.33. The zero-order chi connectivity index (χ0) is 36.3. The van der Waals surface area contributed by atoms with Gasteiger partial charge in [0, 0.05) is 82.6 Å². The fourth-order valence-electron chi connectivity index (χ4n) is 9.92. The molecule has 0 spiro atoms. The van der Waals surface area contributed by atoms with Crippen LogP contribution in [0.1, 0.15) is 66.8 Å². The lowest BCUT2D eigenvalue weighted by Gasteiger charge is -2.40. The van der Waals surface area contributed by atoms with Gasteiger partial charge in [-0.1, -0.05) is 35.3 Å². The number of amides is 1. The average Bonchev–Trinajstić information content (AvgIpc) is 3.54. The number of likely N-dealkylation sites (tertiary alicyclic amines) is 1. The number of fused-ring (bicyclic) bond motifs is 6. The molecule has 0 radical (unpaired) electrons. The second-order valence-electron chi connectivity index (χ2n) is 15.4. The maximum atomic E-state index is 17.3. The molecule has 4 bridgehead atoms. The first-order valence-electron chi connectivity index (χ1n) is 18.4. The molecule has 4 aliphatic heterocycles. The van der Waals surface area contributed by atoms with Crippen LogP contribution in [0.4, 0.5) is 9.52 Å². The smallest absolute Gasteiger partial charge is 0.226 e. The quantitative estimate of drug-likeness (QED) is 0.178. The zero-order valence-corrected chi connectivity index (χ0v) is 31.3. The fourth-order valence-corrected chi connectivity index (χ4v) is 11.1. The van der Waals surface area contributed by atoms with Crippen LogP contribution in [0, 0.1) is 53.2 Å². The Morgan fingerprint density at radius 3 is 2.68 bits per heavy atom. The van der Waals surface area contributed by atoms with Crippen LogP contribution in [-0.4, -0.2) is 57.1 Å². The van der Waals surface area contributed by atoms with E-state index in [-0.39, 0.29) is 58.9 Å². The molecule has 4 saturated heterocycles. The predicted molar refractivity (Wildman–Crippen MR) is 204 cm³/mol. The molecular formula is C40H35Cl2FN8OS. The molecule has 2 saturated carbocycles. The van der Waals surface area contributed by atoms with Crippen molar-refractivity contribution in [3.8, 4) is 23.3 Å². The number of aryl methyl sites for hydroxylation is 2. The number of rotatable bonds is 7. The maximum Gasteiger partial charge on any atom is 0.226 e. The highest BCUT2D eigenvalue weighted by atomic mass is 35.5. The second kappa shape index (κ2) is 12.4. The van der Waals surface area contributed by atoms with Gasteiger partial charge in [-0.3, -0.25) is 4.79 Å². The van der Waals surface area contributed by atoms with E-state index in [0.29, 0.717) is 57.4 Å². The standard InChI is InChI=1S/C40H35Cl2FN8OS/c1-19-27-13-31(37-23-10-25(50(37)39(52)20-7-8-20)17-49(16-23)40-48-24(14-45)18-53-40)51(36-22-12-30(36)46-15-22)38(27)28-11-21(4-3-9-44)32(34(43)35(28)47-19)26-5-2-6-29(41)33(26)42/h2,5-6,11,13,18,20,22-23,25,30,36-37,46H,3-4,7-8,10,12,15-17H2,1H3. The minimum atomic E-state index is -0.480. The number of carbonyl (C=O) groups is 1. The van der Waals surface area contributed by atoms with Crippen molar-refractivity contribution < 1.29 is 9.18 Å². The van der Waals surface area contributed by atoms with Crippen molar-refractivity contribution in [2.75, 3.05) is 24.5 Å². The van der Waals surface area contributed by atoms with Gasteiger partial charge in [-0.05, 0) is 68.7 Å². The first-order valence-corrected chi connectivity index (χ1v) is 20.0. The first-order chi connectivity index (χ1) is 25.7. The number of anilines is 1. The molecule has 11 rings (SSSR count). The second-order valence-corrected chi connectivity index (χ2v) is 17.0. The average molecular weight is 766 g/mol. The lowest BCUT2D eigenvalue weighted by molar-refractivity contribution is -0.135. The van der Waals surface area contributed by atoms with Gasteiger partial charge in [0.25, 0.3) is 0 Å². The summed E-state index contributed by atoms with van der Waals surface area (Å²) in [5.74, 6) is 0.341. The molecule has 53 heavy (non-hydrogen) atoms. The number of benzene rings is 2. The van der Waals surface area contributed by atoms with Crippen molar-refractivity contribution in [3.63, 3.8) is 0 Å². The minimum Gasteiger partial charge on any atom is -0.346 e. The highest BCUT2D eigenvalue weighted by Crippen LogP contribution is 2.54. The summed E-state index contributed by atoms with van der Waals surface area (Å²) in [6, 6.07) is 14.1. The number of carbonyl (C=O) groups excluding carboxylic acids is 1. The summed E-state index contributed by atoms with van der Waals surface area (Å²) >= 11 is 14.6. The molecule has 6 aliphatic rings. The van der Waals surface area contributed by atoms with Crippen LogP contribution in [0.2, 0.25) is 10.0 Å². The van der Waals surface area contributed by atoms with Gasteiger partial charge in [-0.15, -0.1) is 11.3 Å². The van der Waals surface area contributed by atoms with E-state index >= 15 is 4.39 Å². The monoisotopic (exact) mass is 764 g/mol. The lowest BCUT2D eigenvalue weighted by Crippen LogP contribution is -2.45. The molecule has 1 amide bonds. The van der Waals surface area contributed by atoms with Gasteiger partial charge in [0.1, 0.15) is 11.6 Å². The molecule has 2 aliphatic carbocycles. The Hall–Kier alpha value is -4.26. The van der Waals surface area contributed by atoms with Gasteiger partial charge in [0.15, 0.2) is 16.6 Å². The Morgan fingerprint density at radius 2 is 1.96 bits per heavy atom. The van der Waals surface area contributed by atoms with Crippen LogP contribution >= 0.6 is 34.5 Å². The third-order valence-corrected chi connectivity index (χ3v) is 14.1. The van der Waals surface area contributed by atoms with Crippen molar-refractivity contribution >= 4 is 67.4 Å². The summed E-state index contributed by atoms with van der Waals surface area (Å²) in [5, 5.41) is 27.7. The highest BCUT2D eigenvalue weighted by molar-refractivity contribution is 7.13. The Labute approximate surface area is 319 Å². The van der Waals surface area contributed by atoms with Crippen LogP contribution < -0.4 is 10.2 Å². The van der Waals surface area contributed by atoms with Crippen LogP contribution in [0.3, 0.4) is 0 Å². The van der Waals surface area contributed by atoms with E-state index in [1.54, 1.807) is 23.6 Å². The normalized spacial score (nSPS) is 25.9. The lowest BCUT2D eigenvalue weighted by atomic mass is 9.79. The molecule has 13 heteroatoms. The van der Waals surface area contributed by atoms with Gasteiger partial charge in [0.2, 0.25) is 5.91 Å². The molecule has 268 valence electrons. The SMILES string of the molecule is Cc1nc2c(F)c(-c3cccc(Cl)c3Cl)c(CCC#N)cc2c2c1cc(C1C3CC(CN(c4nc(C#N)cs4)C3)N1C(=O)C1CC1)n2C1C2CNC1C2. The molecule has 6 atom stereocenters. The largest absolute Gasteiger partial charge is 0.346 e. The Morgan fingerprint density at radius 1 is 1.11 bits per heavy atom. The molecule has 7 heterocycles. The molecule has 5 aromatic rings. The number of nitrogens with zero attached hydrogens (tertiary/aromatic N) is 7. The number of hydrogen-bond donors (Lipinski definition) is 1. The van der Waals surface area contributed by atoms with Crippen LogP contribution in [0.15, 0.2) is 35.7 Å². The van der Waals surface area contributed by atoms with E-state index in [2.05, 4.69) is 42.9 Å². The molecule has 9 nitrogen and oxygen atoms in total. The summed E-state index contributed by atoms with van der Waals surface area (Å²) in [4.78, 5) is 28.4. The van der Waals surface area contributed by atoms with E-state index in [1.165, 1.54) is 11.3 Å². The number of halogens is 3. The summed E-state index contributed by atoms with van der Waals surface area (Å²) < 4.78 is 19.7. The molecule has 2 aromatic carbocycles. The van der Waals surface area contributed by atoms with Crippen molar-refractivity contribution in [3.05, 3.63) is 74.2 Å². The number of nitriles is 2. The molecule has 6 fully saturated rings. The molecule has 6 unspecified atom stereocenters. The van der Waals surface area contributed by atoms with E-state index in [4.69, 9.17) is 28.2 Å². The van der Waals surface area contributed by atoms with Gasteiger partial charge in [0.05, 0.1) is 39.8 Å². The summed E-state index contributed by atoms with van der Waals surface area (Å²) in [6.45, 7) is 4.25. The van der Waals surface area contributed by atoms with Crippen molar-refractivity contribution in [2.45, 2.75) is 69.6 Å². The third-order valence-electron chi connectivity index (χ3n) is 12.4. The van der Waals surface area contributed by atoms with E-state index in [9.17, 15) is 15.3 Å². The van der Waals surface area contributed by atoms with Crippen LogP contribution in [0.5, 0.6) is 0 Å². The predicted octanol–water partition coefficient (Wildman–Crippen LogP) is 8.12. The number of nitrogens with one attached hydrogen (secondary N) is 1. The van der Waals surface area contributed by atoms with Crippen LogP contribution in [-0.2, 0) is 11.2 Å². The van der Waals surface area contributed by atoms with Crippen molar-refractivity contribution in [1.29, 1.82) is 10.5 Å². The van der Waals surface area contributed by atoms with Crippen molar-refractivity contribution in [1.82, 2.24) is 24.8 Å². The summed E-state index contributed by atoms with van der Waals surface area (Å²) in [7, 11) is 0. The van der Waals surface area contributed by atoms with E-state index in [1.807, 2.05) is 13.0 Å². The number of pyridine rings is 1. The summed E-state index contributed by atoms with van der Waals surface area (Å²) in [5.41, 5.74) is 4.88. The van der Waals surface area contributed by atoms with Crippen LogP contribution in [0.25, 0.3) is 32.9 Å². The highest BCUT2D eigenvalue weighted by Gasteiger charge is 2.55. The van der Waals surface area contributed by atoms with E-state index < -0.39 is 5.82 Å². The van der Waals surface area contributed by atoms with Gasteiger partial charge < -0.3 is 19.7 Å². The molecule has 1 N–H and O–H groups in total. The minimum absolute atomic E-state index is 0.0139. The van der Waals surface area contributed by atoms with Gasteiger partial charge in [-0.25, -0.2) is 14.4 Å². The van der Waals surface area contributed by atoms with Gasteiger partial charge in [-0.2, -0.15) is 10.5 Å². The number of thiazole rings is 1. The molecular weight excluding hydrogens is 730 g/mol. The van der Waals surface area contributed by atoms with Gasteiger partial charge >= 0.3 is 0 Å². The zero-order valence-electron chi connectivity index (χ0n) is 29.0. The Kier molecular flexibility index (Phi) is 7.79. The third kappa shape index (κ3) is 5.04. The topological polar surface area (TPSA) is 114 Å². The fraction of sp³-hybridized carbons (Fsp3) is 0.425. The number of aromatic nitrogens is 3. The Balaban J connectivity index is 1.21. The Bertz CT molecular complexity index is 2450. The first kappa shape index (κ1) is 33.3. The molecule has 3 aromatic heterocycles. The van der Waals surface area contributed by atoms with E-state index in [0.717, 1.165) is 60.5 Å². The number of hydrogen-bond acceptors (Lipinski definition) is 8. The maximum absolute atomic E-state index is 17.3. The van der Waals surface area contributed by atoms with Crippen molar-refractivity contribution in [2.24, 2.45) is 17.8 Å².